The van der Waals surface area contributed by atoms with Crippen molar-refractivity contribution in [1.29, 1.82) is 0 Å². The van der Waals surface area contributed by atoms with Crippen LogP contribution in [-0.2, 0) is 30.8 Å². The van der Waals surface area contributed by atoms with Crippen LogP contribution in [0.25, 0.3) is 0 Å². The highest BCUT2D eigenvalue weighted by Crippen LogP contribution is 2.35. The average Bonchev–Trinajstić information content (AvgIpc) is 3.54. The summed E-state index contributed by atoms with van der Waals surface area (Å²) in [6, 6.07) is 20.8. The van der Waals surface area contributed by atoms with Crippen molar-refractivity contribution < 1.29 is 14.3 Å². The second-order valence-corrected chi connectivity index (χ2v) is 11.5. The Labute approximate surface area is 253 Å². The minimum absolute atomic E-state index is 0.0348. The number of carbonyl (C=O) groups excluding carboxylic acids is 2. The maximum Gasteiger partial charge on any atom is 0.274 e. The number of carbonyl (C=O) groups is 2. The lowest BCUT2D eigenvalue weighted by Gasteiger charge is -2.38. The summed E-state index contributed by atoms with van der Waals surface area (Å²) in [5.41, 5.74) is 3.72. The summed E-state index contributed by atoms with van der Waals surface area (Å²) >= 11 is 0. The fourth-order valence-electron chi connectivity index (χ4n) is 5.60. The Balaban J connectivity index is 1.24. The van der Waals surface area contributed by atoms with Gasteiger partial charge in [0.2, 0.25) is 5.91 Å². The second-order valence-electron chi connectivity index (χ2n) is 11.5. The third kappa shape index (κ3) is 6.77. The number of ether oxygens (including phenoxy) is 1. The molecule has 43 heavy (non-hydrogen) atoms. The van der Waals surface area contributed by atoms with E-state index in [1.54, 1.807) is 29.3 Å². The predicted octanol–water partition coefficient (Wildman–Crippen LogP) is 5.29. The van der Waals surface area contributed by atoms with Gasteiger partial charge in [0.05, 0.1) is 12.7 Å². The number of benzene rings is 2. The normalized spacial score (nSPS) is 16.1. The van der Waals surface area contributed by atoms with Crippen molar-refractivity contribution in [2.24, 2.45) is 0 Å². The summed E-state index contributed by atoms with van der Waals surface area (Å²) in [6.45, 7) is 9.67. The van der Waals surface area contributed by atoms with Gasteiger partial charge < -0.3 is 14.5 Å². The Morgan fingerprint density at radius 3 is 2.35 bits per heavy atom. The van der Waals surface area contributed by atoms with Crippen LogP contribution in [-0.4, -0.2) is 59.8 Å². The van der Waals surface area contributed by atoms with Crippen LogP contribution < -0.4 is 4.74 Å². The molecule has 1 saturated heterocycles. The SMILES string of the molecule is CCCCN1C(=O)[C@H](Cc2ccc(OCc3cn(Cc4ccc(CC)cc4)nn3)cc2)N(C(=O)c2ccccn2)C1(C)C. The molecule has 2 aromatic heterocycles. The zero-order chi connectivity index (χ0) is 30.4. The first kappa shape index (κ1) is 29.9. The lowest BCUT2D eigenvalue weighted by Crippen LogP contribution is -2.53. The number of nitrogens with zero attached hydrogens (tertiary/aromatic N) is 6. The average molecular weight is 581 g/mol. The molecule has 2 amide bonds. The van der Waals surface area contributed by atoms with Crippen LogP contribution >= 0.6 is 0 Å². The summed E-state index contributed by atoms with van der Waals surface area (Å²) in [5, 5.41) is 8.49. The number of pyridine rings is 1. The number of amides is 2. The molecule has 9 nitrogen and oxygen atoms in total. The molecule has 1 aliphatic heterocycles. The standard InChI is InChI=1S/C34H40N6O3/c1-5-7-20-39-33(42)31(40(34(39,3)4)32(41)30-10-8-9-19-35-30)21-26-15-17-29(18-16-26)43-24-28-23-38(37-36-28)22-27-13-11-25(6-2)12-14-27/h8-19,23,31H,5-7,20-22,24H2,1-4H3/t31-/m0/s1. The molecule has 2 aromatic carbocycles. The summed E-state index contributed by atoms with van der Waals surface area (Å²) in [7, 11) is 0. The van der Waals surface area contributed by atoms with E-state index < -0.39 is 11.7 Å². The van der Waals surface area contributed by atoms with Crippen molar-refractivity contribution in [3.63, 3.8) is 0 Å². The molecule has 0 aliphatic carbocycles. The van der Waals surface area contributed by atoms with Crippen LogP contribution in [0.1, 0.15) is 73.4 Å². The van der Waals surface area contributed by atoms with Crippen LogP contribution in [0.2, 0.25) is 0 Å². The summed E-state index contributed by atoms with van der Waals surface area (Å²) in [5.74, 6) is 0.416. The molecule has 0 radical (unpaired) electrons. The van der Waals surface area contributed by atoms with Gasteiger partial charge in [-0.05, 0) is 67.6 Å². The Morgan fingerprint density at radius 1 is 0.953 bits per heavy atom. The topological polar surface area (TPSA) is 93.5 Å². The predicted molar refractivity (Wildman–Crippen MR) is 164 cm³/mol. The van der Waals surface area contributed by atoms with E-state index in [0.717, 1.165) is 30.5 Å². The zero-order valence-electron chi connectivity index (χ0n) is 25.4. The quantitative estimate of drug-likeness (QED) is 0.226. The van der Waals surface area contributed by atoms with Gasteiger partial charge in [-0.1, -0.05) is 67.9 Å². The molecule has 0 unspecified atom stereocenters. The molecule has 5 rings (SSSR count). The van der Waals surface area contributed by atoms with Crippen LogP contribution in [0.3, 0.4) is 0 Å². The van der Waals surface area contributed by atoms with Gasteiger partial charge >= 0.3 is 0 Å². The summed E-state index contributed by atoms with van der Waals surface area (Å²) in [4.78, 5) is 35.2. The van der Waals surface area contributed by atoms with E-state index in [9.17, 15) is 9.59 Å². The highest BCUT2D eigenvalue weighted by molar-refractivity contribution is 5.99. The Kier molecular flexibility index (Phi) is 9.19. The minimum atomic E-state index is -0.773. The van der Waals surface area contributed by atoms with Gasteiger partial charge in [-0.25, -0.2) is 4.68 Å². The Hall–Kier alpha value is -4.53. The third-order valence-corrected chi connectivity index (χ3v) is 8.05. The molecule has 0 bridgehead atoms. The van der Waals surface area contributed by atoms with E-state index >= 15 is 0 Å². The molecule has 0 saturated carbocycles. The van der Waals surface area contributed by atoms with E-state index in [0.29, 0.717) is 37.6 Å². The first-order valence-electron chi connectivity index (χ1n) is 15.0. The van der Waals surface area contributed by atoms with Gasteiger partial charge in [-0.2, -0.15) is 0 Å². The molecule has 0 spiro atoms. The molecule has 224 valence electrons. The van der Waals surface area contributed by atoms with E-state index in [-0.39, 0.29) is 11.8 Å². The van der Waals surface area contributed by atoms with Crippen molar-refractivity contribution in [2.45, 2.75) is 78.2 Å². The molecule has 3 heterocycles. The number of hydrogen-bond acceptors (Lipinski definition) is 6. The molecule has 4 aromatic rings. The maximum atomic E-state index is 13.7. The fraction of sp³-hybridized carbons (Fsp3) is 0.382. The van der Waals surface area contributed by atoms with Gasteiger partial charge in [-0.15, -0.1) is 5.10 Å². The van der Waals surface area contributed by atoms with Crippen LogP contribution in [0.4, 0.5) is 0 Å². The molecule has 1 aliphatic rings. The minimum Gasteiger partial charge on any atom is -0.487 e. The highest BCUT2D eigenvalue weighted by atomic mass is 16.5. The van der Waals surface area contributed by atoms with Gasteiger partial charge in [0.1, 0.15) is 35.4 Å². The number of aryl methyl sites for hydroxylation is 1. The van der Waals surface area contributed by atoms with Crippen molar-refractivity contribution >= 4 is 11.8 Å². The summed E-state index contributed by atoms with van der Waals surface area (Å²) < 4.78 is 7.79. The lowest BCUT2D eigenvalue weighted by molar-refractivity contribution is -0.131. The first-order valence-corrected chi connectivity index (χ1v) is 15.0. The number of aromatic nitrogens is 4. The van der Waals surface area contributed by atoms with Crippen molar-refractivity contribution in [2.75, 3.05) is 6.54 Å². The number of rotatable bonds is 12. The smallest absolute Gasteiger partial charge is 0.274 e. The molecule has 1 fully saturated rings. The molecule has 1 atom stereocenters. The van der Waals surface area contributed by atoms with Crippen LogP contribution in [0.15, 0.2) is 79.1 Å². The monoisotopic (exact) mass is 580 g/mol. The van der Waals surface area contributed by atoms with E-state index in [2.05, 4.69) is 53.4 Å². The summed E-state index contributed by atoms with van der Waals surface area (Å²) in [6.07, 6.45) is 6.75. The molecule has 9 heteroatoms. The second kappa shape index (κ2) is 13.2. The van der Waals surface area contributed by atoms with E-state index in [1.807, 2.05) is 53.9 Å². The van der Waals surface area contributed by atoms with Gasteiger partial charge in [0.25, 0.3) is 5.91 Å². The van der Waals surface area contributed by atoms with Crippen molar-refractivity contribution in [1.82, 2.24) is 29.8 Å². The number of unbranched alkanes of at least 4 members (excludes halogenated alkanes) is 1. The Morgan fingerprint density at radius 2 is 1.67 bits per heavy atom. The van der Waals surface area contributed by atoms with Gasteiger partial charge in [-0.3, -0.25) is 14.6 Å². The third-order valence-electron chi connectivity index (χ3n) is 8.05. The Bertz CT molecular complexity index is 1520. The van der Waals surface area contributed by atoms with E-state index in [4.69, 9.17) is 4.74 Å². The van der Waals surface area contributed by atoms with Crippen molar-refractivity contribution in [3.8, 4) is 5.75 Å². The van der Waals surface area contributed by atoms with Crippen LogP contribution in [0, 0.1) is 0 Å². The highest BCUT2D eigenvalue weighted by Gasteiger charge is 2.53. The molecular formula is C34H40N6O3. The van der Waals surface area contributed by atoms with Gasteiger partial charge in [0, 0.05) is 19.2 Å². The zero-order valence-corrected chi connectivity index (χ0v) is 25.4. The fourth-order valence-corrected chi connectivity index (χ4v) is 5.60. The van der Waals surface area contributed by atoms with Gasteiger partial charge in [0.15, 0.2) is 0 Å². The van der Waals surface area contributed by atoms with Crippen molar-refractivity contribution in [3.05, 3.63) is 107 Å². The molecule has 0 N–H and O–H groups in total. The first-order chi connectivity index (χ1) is 20.8. The van der Waals surface area contributed by atoms with E-state index in [1.165, 1.54) is 11.1 Å². The molecular weight excluding hydrogens is 540 g/mol. The lowest BCUT2D eigenvalue weighted by atomic mass is 10.0. The largest absolute Gasteiger partial charge is 0.487 e. The van der Waals surface area contributed by atoms with Crippen LogP contribution in [0.5, 0.6) is 5.75 Å². The number of hydrogen-bond donors (Lipinski definition) is 0. The maximum absolute atomic E-state index is 13.7.